The van der Waals surface area contributed by atoms with Crippen molar-refractivity contribution in [2.75, 3.05) is 31.6 Å². The number of amidine groups is 1. The second-order valence-corrected chi connectivity index (χ2v) is 5.32. The molecule has 5 heteroatoms. The van der Waals surface area contributed by atoms with Crippen LogP contribution < -0.4 is 10.6 Å². The molecule has 0 aliphatic carbocycles. The summed E-state index contributed by atoms with van der Waals surface area (Å²) in [6.07, 6.45) is 0. The van der Waals surface area contributed by atoms with Gasteiger partial charge in [-0.1, -0.05) is 11.6 Å². The normalized spacial score (nSPS) is 21.1. The van der Waals surface area contributed by atoms with Crippen LogP contribution >= 0.6 is 11.6 Å². The molecule has 1 unspecified atom stereocenters. The lowest BCUT2D eigenvalue weighted by atomic mass is 10.1. The van der Waals surface area contributed by atoms with Gasteiger partial charge < -0.3 is 15.5 Å². The highest BCUT2D eigenvalue weighted by Gasteiger charge is 2.24. The Balaban J connectivity index is 2.37. The molecule has 1 aliphatic rings. The molecule has 0 bridgehead atoms. The van der Waals surface area contributed by atoms with Crippen molar-refractivity contribution >= 4 is 23.1 Å². The van der Waals surface area contributed by atoms with Gasteiger partial charge in [0.1, 0.15) is 5.84 Å². The van der Waals surface area contributed by atoms with Gasteiger partial charge >= 0.3 is 0 Å². The van der Waals surface area contributed by atoms with Crippen LogP contribution in [0.3, 0.4) is 0 Å². The van der Waals surface area contributed by atoms with E-state index in [0.717, 1.165) is 30.9 Å². The molecular formula is C13H19ClN4. The fraction of sp³-hybridized carbons (Fsp3) is 0.462. The van der Waals surface area contributed by atoms with E-state index in [0.29, 0.717) is 11.1 Å². The molecule has 18 heavy (non-hydrogen) atoms. The maximum Gasteiger partial charge on any atom is 0.124 e. The molecule has 1 heterocycles. The number of halogens is 1. The first-order valence-electron chi connectivity index (χ1n) is 6.08. The number of nitrogens with one attached hydrogen (secondary N) is 1. The third-order valence-corrected chi connectivity index (χ3v) is 3.63. The van der Waals surface area contributed by atoms with Gasteiger partial charge in [0.05, 0.1) is 0 Å². The lowest BCUT2D eigenvalue weighted by Crippen LogP contribution is -2.51. The fourth-order valence-corrected chi connectivity index (χ4v) is 2.63. The lowest BCUT2D eigenvalue weighted by molar-refractivity contribution is 0.275. The highest BCUT2D eigenvalue weighted by molar-refractivity contribution is 6.31. The van der Waals surface area contributed by atoms with Gasteiger partial charge in [0.25, 0.3) is 0 Å². The van der Waals surface area contributed by atoms with Crippen LogP contribution in [0, 0.1) is 5.41 Å². The molecule has 1 saturated heterocycles. The summed E-state index contributed by atoms with van der Waals surface area (Å²) in [6, 6.07) is 5.90. The van der Waals surface area contributed by atoms with E-state index in [1.165, 1.54) is 0 Å². The Kier molecular flexibility index (Phi) is 3.78. The second kappa shape index (κ2) is 5.16. The fourth-order valence-electron chi connectivity index (χ4n) is 2.47. The van der Waals surface area contributed by atoms with Gasteiger partial charge in [-0.2, -0.15) is 0 Å². The van der Waals surface area contributed by atoms with Crippen LogP contribution in [-0.2, 0) is 0 Å². The van der Waals surface area contributed by atoms with E-state index < -0.39 is 0 Å². The number of hydrogen-bond donors (Lipinski definition) is 2. The van der Waals surface area contributed by atoms with Crippen molar-refractivity contribution in [1.82, 2.24) is 4.90 Å². The summed E-state index contributed by atoms with van der Waals surface area (Å²) in [5.74, 6) is 0.0906. The number of nitrogens with two attached hydrogens (primary N) is 1. The molecule has 2 rings (SSSR count). The van der Waals surface area contributed by atoms with E-state index in [9.17, 15) is 0 Å². The highest BCUT2D eigenvalue weighted by atomic mass is 35.5. The van der Waals surface area contributed by atoms with Crippen molar-refractivity contribution in [3.63, 3.8) is 0 Å². The summed E-state index contributed by atoms with van der Waals surface area (Å²) in [5, 5.41) is 8.35. The number of benzene rings is 1. The quantitative estimate of drug-likeness (QED) is 0.634. The third kappa shape index (κ3) is 2.60. The molecular weight excluding hydrogens is 248 g/mol. The zero-order valence-corrected chi connectivity index (χ0v) is 11.5. The summed E-state index contributed by atoms with van der Waals surface area (Å²) < 4.78 is 0. The first-order valence-corrected chi connectivity index (χ1v) is 6.46. The van der Waals surface area contributed by atoms with Crippen molar-refractivity contribution in [1.29, 1.82) is 5.41 Å². The van der Waals surface area contributed by atoms with Gasteiger partial charge in [-0.05, 0) is 32.2 Å². The molecule has 1 aliphatic heterocycles. The largest absolute Gasteiger partial charge is 0.384 e. The van der Waals surface area contributed by atoms with Crippen LogP contribution in [0.5, 0.6) is 0 Å². The summed E-state index contributed by atoms with van der Waals surface area (Å²) in [4.78, 5) is 4.59. The van der Waals surface area contributed by atoms with E-state index in [1.807, 2.05) is 12.1 Å². The molecule has 1 atom stereocenters. The zero-order valence-electron chi connectivity index (χ0n) is 10.8. The van der Waals surface area contributed by atoms with Gasteiger partial charge in [-0.3, -0.25) is 5.41 Å². The van der Waals surface area contributed by atoms with Crippen LogP contribution in [-0.4, -0.2) is 43.5 Å². The first-order chi connectivity index (χ1) is 8.49. The number of likely N-dealkylation sites (N-methyl/N-ethyl adjacent to an activating group) is 1. The molecule has 0 saturated carbocycles. The average molecular weight is 267 g/mol. The first kappa shape index (κ1) is 13.2. The van der Waals surface area contributed by atoms with Gasteiger partial charge in [-0.15, -0.1) is 0 Å². The molecule has 1 fully saturated rings. The summed E-state index contributed by atoms with van der Waals surface area (Å²) in [5.41, 5.74) is 7.38. The summed E-state index contributed by atoms with van der Waals surface area (Å²) >= 11 is 6.07. The number of nitrogens with zero attached hydrogens (tertiary/aromatic N) is 2. The highest BCUT2D eigenvalue weighted by Crippen LogP contribution is 2.27. The van der Waals surface area contributed by atoms with Crippen LogP contribution in [0.15, 0.2) is 18.2 Å². The summed E-state index contributed by atoms with van der Waals surface area (Å²) in [6.45, 7) is 5.12. The van der Waals surface area contributed by atoms with Crippen LogP contribution in [0.4, 0.5) is 5.69 Å². The molecule has 0 amide bonds. The number of hydrogen-bond acceptors (Lipinski definition) is 3. The van der Waals surface area contributed by atoms with Crippen molar-refractivity contribution in [2.45, 2.75) is 13.0 Å². The predicted octanol–water partition coefficient (Wildman–Crippen LogP) is 1.76. The van der Waals surface area contributed by atoms with E-state index >= 15 is 0 Å². The molecule has 1 aromatic rings. The van der Waals surface area contributed by atoms with Gasteiger partial charge in [0.2, 0.25) is 0 Å². The SMILES string of the molecule is CC1CN(C)CCN1c1cc(Cl)ccc1C(=N)N. The van der Waals surface area contributed by atoms with Crippen LogP contribution in [0.2, 0.25) is 5.02 Å². The van der Waals surface area contributed by atoms with Gasteiger partial charge in [0.15, 0.2) is 0 Å². The maximum absolute atomic E-state index is 7.67. The van der Waals surface area contributed by atoms with Crippen molar-refractivity contribution in [3.8, 4) is 0 Å². The Bertz CT molecular complexity index is 460. The smallest absolute Gasteiger partial charge is 0.124 e. The molecule has 0 radical (unpaired) electrons. The van der Waals surface area contributed by atoms with Gasteiger partial charge in [0, 0.05) is 41.9 Å². The maximum atomic E-state index is 7.67. The van der Waals surface area contributed by atoms with E-state index in [2.05, 4.69) is 23.8 Å². The molecule has 1 aromatic carbocycles. The molecule has 0 spiro atoms. The summed E-state index contributed by atoms with van der Waals surface area (Å²) in [7, 11) is 2.12. The second-order valence-electron chi connectivity index (χ2n) is 4.88. The van der Waals surface area contributed by atoms with Crippen molar-refractivity contribution < 1.29 is 0 Å². The molecule has 0 aromatic heterocycles. The topological polar surface area (TPSA) is 56.4 Å². The number of anilines is 1. The Morgan fingerprint density at radius 2 is 2.17 bits per heavy atom. The zero-order chi connectivity index (χ0) is 13.3. The lowest BCUT2D eigenvalue weighted by Gasteiger charge is -2.40. The average Bonchev–Trinajstić information content (AvgIpc) is 2.28. The Hall–Kier alpha value is -1.26. The molecule has 4 nitrogen and oxygen atoms in total. The standard InChI is InChI=1S/C13H19ClN4/c1-9-8-17(2)5-6-18(9)12-7-10(14)3-4-11(12)13(15)16/h3-4,7,9H,5-6,8H2,1-2H3,(H3,15,16). The van der Waals surface area contributed by atoms with Crippen molar-refractivity contribution in [2.24, 2.45) is 5.73 Å². The van der Waals surface area contributed by atoms with E-state index in [1.54, 1.807) is 6.07 Å². The molecule has 3 N–H and O–H groups in total. The van der Waals surface area contributed by atoms with E-state index in [-0.39, 0.29) is 5.84 Å². The number of piperazine rings is 1. The third-order valence-electron chi connectivity index (χ3n) is 3.39. The minimum Gasteiger partial charge on any atom is -0.384 e. The van der Waals surface area contributed by atoms with Gasteiger partial charge in [-0.25, -0.2) is 0 Å². The van der Waals surface area contributed by atoms with Crippen LogP contribution in [0.25, 0.3) is 0 Å². The molecule has 98 valence electrons. The Labute approximate surface area is 113 Å². The predicted molar refractivity (Wildman–Crippen MR) is 76.8 cm³/mol. The van der Waals surface area contributed by atoms with Crippen LogP contribution in [0.1, 0.15) is 12.5 Å². The number of nitrogen functional groups attached to an aromatic ring is 1. The van der Waals surface area contributed by atoms with E-state index in [4.69, 9.17) is 22.7 Å². The minimum atomic E-state index is 0.0906. The Morgan fingerprint density at radius 1 is 1.44 bits per heavy atom. The van der Waals surface area contributed by atoms with Crippen molar-refractivity contribution in [3.05, 3.63) is 28.8 Å². The monoisotopic (exact) mass is 266 g/mol. The Morgan fingerprint density at radius 3 is 2.78 bits per heavy atom. The minimum absolute atomic E-state index is 0.0906. The number of rotatable bonds is 2.